The summed E-state index contributed by atoms with van der Waals surface area (Å²) in [6.45, 7) is 0. The van der Waals surface area contributed by atoms with Crippen molar-refractivity contribution in [3.05, 3.63) is 23.4 Å². The van der Waals surface area contributed by atoms with Gasteiger partial charge in [-0.15, -0.1) is 9.73 Å². The van der Waals surface area contributed by atoms with Crippen molar-refractivity contribution in [2.24, 2.45) is 0 Å². The summed E-state index contributed by atoms with van der Waals surface area (Å²) >= 11 is 0. The van der Waals surface area contributed by atoms with E-state index in [9.17, 15) is 0 Å². The highest BCUT2D eigenvalue weighted by Crippen LogP contribution is 2.20. The predicted molar refractivity (Wildman–Crippen MR) is 41.3 cm³/mol. The molecule has 1 aliphatic rings. The van der Waals surface area contributed by atoms with Gasteiger partial charge < -0.3 is 0 Å². The molecule has 0 atom stereocenters. The van der Waals surface area contributed by atoms with Crippen LogP contribution in [0, 0.1) is 0 Å². The zero-order chi connectivity index (χ0) is 7.97. The number of fused-ring (bicyclic) bond motifs is 3. The smallest absolute Gasteiger partial charge is 0.155 e. The van der Waals surface area contributed by atoms with Gasteiger partial charge in [0.15, 0.2) is 0 Å². The standard InChI is InChI=1S/C7H5N5/c1-2-5-4-8-12-7(6(5)3-1)9-10-11-12/h1,3-4H,2H2. The first-order valence-corrected chi connectivity index (χ1v) is 3.68. The maximum absolute atomic E-state index is 4.05. The average Bonchev–Trinajstić information content (AvgIpc) is 2.71. The lowest BCUT2D eigenvalue weighted by atomic mass is 10.2. The summed E-state index contributed by atoms with van der Waals surface area (Å²) in [6.07, 6.45) is 6.86. The minimum atomic E-state index is 0.737. The molecule has 0 bridgehead atoms. The third-order valence-corrected chi connectivity index (χ3v) is 1.99. The molecule has 0 aliphatic heterocycles. The van der Waals surface area contributed by atoms with Crippen LogP contribution in [0.3, 0.4) is 0 Å². The van der Waals surface area contributed by atoms with Crippen molar-refractivity contribution in [2.75, 3.05) is 0 Å². The Kier molecular flexibility index (Phi) is 0.910. The van der Waals surface area contributed by atoms with Crippen LogP contribution < -0.4 is 0 Å². The van der Waals surface area contributed by atoms with Gasteiger partial charge in [-0.3, -0.25) is 0 Å². The number of rotatable bonds is 0. The molecule has 0 spiro atoms. The zero-order valence-corrected chi connectivity index (χ0v) is 6.18. The normalized spacial score (nSPS) is 14.0. The van der Waals surface area contributed by atoms with Crippen LogP contribution in [0.2, 0.25) is 0 Å². The van der Waals surface area contributed by atoms with E-state index in [1.807, 2.05) is 6.08 Å². The van der Waals surface area contributed by atoms with Crippen LogP contribution in [-0.2, 0) is 6.42 Å². The van der Waals surface area contributed by atoms with Crippen LogP contribution in [0.1, 0.15) is 11.1 Å². The first-order chi connectivity index (χ1) is 5.95. The molecule has 0 unspecified atom stereocenters. The molecule has 2 heterocycles. The molecule has 12 heavy (non-hydrogen) atoms. The lowest BCUT2D eigenvalue weighted by molar-refractivity contribution is 0.730. The molecule has 58 valence electrons. The molecule has 1 aliphatic carbocycles. The number of aromatic nitrogens is 5. The highest BCUT2D eigenvalue weighted by molar-refractivity contribution is 5.70. The Hall–Kier alpha value is -1.78. The van der Waals surface area contributed by atoms with E-state index in [0.29, 0.717) is 0 Å². The fourth-order valence-corrected chi connectivity index (χ4v) is 1.41. The molecular weight excluding hydrogens is 154 g/mol. The van der Waals surface area contributed by atoms with Crippen LogP contribution in [0.5, 0.6) is 0 Å². The molecule has 5 nitrogen and oxygen atoms in total. The first-order valence-electron chi connectivity index (χ1n) is 3.68. The molecule has 0 N–H and O–H groups in total. The van der Waals surface area contributed by atoms with Crippen molar-refractivity contribution in [3.8, 4) is 0 Å². The molecule has 0 fully saturated rings. The van der Waals surface area contributed by atoms with Crippen molar-refractivity contribution in [1.82, 2.24) is 25.3 Å². The van der Waals surface area contributed by atoms with Crippen LogP contribution in [0.4, 0.5) is 0 Å². The van der Waals surface area contributed by atoms with E-state index in [2.05, 4.69) is 26.7 Å². The van der Waals surface area contributed by atoms with Crippen LogP contribution in [-0.4, -0.2) is 25.3 Å². The average molecular weight is 159 g/mol. The van der Waals surface area contributed by atoms with Crippen LogP contribution in [0.25, 0.3) is 11.7 Å². The van der Waals surface area contributed by atoms with Crippen LogP contribution >= 0.6 is 0 Å². The van der Waals surface area contributed by atoms with E-state index in [1.54, 1.807) is 6.20 Å². The molecule has 2 aromatic heterocycles. The molecule has 3 rings (SSSR count). The van der Waals surface area contributed by atoms with Crippen molar-refractivity contribution in [2.45, 2.75) is 6.42 Å². The third kappa shape index (κ3) is 0.578. The summed E-state index contributed by atoms with van der Waals surface area (Å²) < 4.78 is 1.44. The molecule has 0 aromatic carbocycles. The van der Waals surface area contributed by atoms with Gasteiger partial charge in [-0.05, 0) is 22.4 Å². The minimum Gasteiger partial charge on any atom is -0.155 e. The van der Waals surface area contributed by atoms with Gasteiger partial charge in [0, 0.05) is 5.56 Å². The van der Waals surface area contributed by atoms with Crippen molar-refractivity contribution in [3.63, 3.8) is 0 Å². The maximum Gasteiger partial charge on any atom is 0.207 e. The monoisotopic (exact) mass is 159 g/mol. The van der Waals surface area contributed by atoms with Gasteiger partial charge in [0.05, 0.1) is 6.20 Å². The van der Waals surface area contributed by atoms with Gasteiger partial charge in [0.2, 0.25) is 5.65 Å². The van der Waals surface area contributed by atoms with Gasteiger partial charge in [0.1, 0.15) is 0 Å². The summed E-state index contributed by atoms with van der Waals surface area (Å²) in [4.78, 5) is 0. The number of hydrogen-bond acceptors (Lipinski definition) is 4. The molecular formula is C7H5N5. The van der Waals surface area contributed by atoms with E-state index in [1.165, 1.54) is 10.2 Å². The predicted octanol–water partition coefficient (Wildman–Crippen LogP) is 0.0886. The van der Waals surface area contributed by atoms with Crippen molar-refractivity contribution >= 4 is 11.7 Å². The highest BCUT2D eigenvalue weighted by Gasteiger charge is 2.11. The molecule has 0 amide bonds. The molecule has 5 heteroatoms. The summed E-state index contributed by atoms with van der Waals surface area (Å²) in [5, 5.41) is 15.2. The van der Waals surface area contributed by atoms with E-state index in [0.717, 1.165) is 17.6 Å². The number of hydrogen-bond donors (Lipinski definition) is 0. The number of tetrazole rings is 1. The Morgan fingerprint density at radius 1 is 1.42 bits per heavy atom. The highest BCUT2D eigenvalue weighted by atomic mass is 15.6. The maximum atomic E-state index is 4.05. The summed E-state index contributed by atoms with van der Waals surface area (Å²) in [7, 11) is 0. The molecule has 0 saturated carbocycles. The quantitative estimate of drug-likeness (QED) is 0.546. The fraction of sp³-hybridized carbons (Fsp3) is 0.143. The van der Waals surface area contributed by atoms with Gasteiger partial charge in [0.25, 0.3) is 0 Å². The summed E-state index contributed by atoms with van der Waals surface area (Å²) in [6, 6.07) is 0. The van der Waals surface area contributed by atoms with Crippen molar-refractivity contribution in [1.29, 1.82) is 0 Å². The Morgan fingerprint density at radius 3 is 3.42 bits per heavy atom. The first kappa shape index (κ1) is 5.82. The zero-order valence-electron chi connectivity index (χ0n) is 6.18. The Labute approximate surface area is 67.7 Å². The third-order valence-electron chi connectivity index (χ3n) is 1.99. The second kappa shape index (κ2) is 1.88. The molecule has 2 aromatic rings. The largest absolute Gasteiger partial charge is 0.207 e. The second-order valence-corrected chi connectivity index (χ2v) is 2.68. The molecule has 0 radical (unpaired) electrons. The SMILES string of the molecule is C1=Cc2c(cnn3nnnc23)C1. The van der Waals surface area contributed by atoms with Gasteiger partial charge >= 0.3 is 0 Å². The van der Waals surface area contributed by atoms with Crippen molar-refractivity contribution < 1.29 is 0 Å². The molecule has 0 saturated heterocycles. The Balaban J connectivity index is 2.52. The van der Waals surface area contributed by atoms with Gasteiger partial charge in [-0.25, -0.2) is 0 Å². The summed E-state index contributed by atoms with van der Waals surface area (Å²) in [5.74, 6) is 0. The topological polar surface area (TPSA) is 56.0 Å². The number of allylic oxidation sites excluding steroid dienone is 1. The lowest BCUT2D eigenvalue weighted by Crippen LogP contribution is -1.97. The van der Waals surface area contributed by atoms with E-state index in [4.69, 9.17) is 0 Å². The summed E-state index contributed by atoms with van der Waals surface area (Å²) in [5.41, 5.74) is 3.02. The fourth-order valence-electron chi connectivity index (χ4n) is 1.41. The lowest BCUT2D eigenvalue weighted by Gasteiger charge is -1.95. The van der Waals surface area contributed by atoms with Crippen LogP contribution in [0.15, 0.2) is 12.3 Å². The Bertz CT molecular complexity index is 470. The van der Waals surface area contributed by atoms with E-state index < -0.39 is 0 Å². The number of nitrogens with zero attached hydrogens (tertiary/aromatic N) is 5. The van der Waals surface area contributed by atoms with E-state index >= 15 is 0 Å². The Morgan fingerprint density at radius 2 is 2.42 bits per heavy atom. The van der Waals surface area contributed by atoms with E-state index in [-0.39, 0.29) is 0 Å². The van der Waals surface area contributed by atoms with Gasteiger partial charge in [-0.2, -0.15) is 5.10 Å². The minimum absolute atomic E-state index is 0.737. The second-order valence-electron chi connectivity index (χ2n) is 2.68. The van der Waals surface area contributed by atoms with Gasteiger partial charge in [-0.1, -0.05) is 12.2 Å².